The van der Waals surface area contributed by atoms with E-state index >= 15 is 0 Å². The number of benzene rings is 1. The highest BCUT2D eigenvalue weighted by Gasteiger charge is 2.31. The van der Waals surface area contributed by atoms with Crippen LogP contribution in [0.4, 0.5) is 0 Å². The van der Waals surface area contributed by atoms with Crippen LogP contribution in [-0.2, 0) is 12.0 Å². The summed E-state index contributed by atoms with van der Waals surface area (Å²) in [5, 5.41) is 4.22. The molecule has 1 aliphatic rings. The zero-order valence-electron chi connectivity index (χ0n) is 11.8. The lowest BCUT2D eigenvalue weighted by molar-refractivity contribution is 0.318. The molecule has 1 aromatic carbocycles. The minimum atomic E-state index is 0.230. The van der Waals surface area contributed by atoms with E-state index in [-0.39, 0.29) is 5.41 Å². The number of halogens is 1. The molecule has 0 radical (unpaired) electrons. The van der Waals surface area contributed by atoms with Gasteiger partial charge in [-0.3, -0.25) is 0 Å². The van der Waals surface area contributed by atoms with Crippen molar-refractivity contribution in [1.29, 1.82) is 0 Å². The van der Waals surface area contributed by atoms with Crippen LogP contribution in [0.3, 0.4) is 0 Å². The molecule has 20 heavy (non-hydrogen) atoms. The quantitative estimate of drug-likeness (QED) is 0.940. The predicted molar refractivity (Wildman–Crippen MR) is 82.2 cm³/mol. The van der Waals surface area contributed by atoms with Crippen LogP contribution in [0.25, 0.3) is 0 Å². The highest BCUT2D eigenvalue weighted by Crippen LogP contribution is 2.32. The van der Waals surface area contributed by atoms with Crippen LogP contribution in [0.2, 0.25) is 5.02 Å². The van der Waals surface area contributed by atoms with Crippen molar-refractivity contribution in [2.45, 2.75) is 31.7 Å². The van der Waals surface area contributed by atoms with Crippen molar-refractivity contribution in [1.82, 2.24) is 14.9 Å². The van der Waals surface area contributed by atoms with Gasteiger partial charge in [-0.05, 0) is 43.6 Å². The monoisotopic (exact) mass is 289 g/mol. The molecule has 3 nitrogen and oxygen atoms in total. The fourth-order valence-corrected chi connectivity index (χ4v) is 3.10. The molecule has 1 fully saturated rings. The van der Waals surface area contributed by atoms with Crippen LogP contribution in [0.5, 0.6) is 0 Å². The number of hydrogen-bond donors (Lipinski definition) is 1. The molecule has 1 aliphatic heterocycles. The maximum Gasteiger partial charge on any atom is 0.0951 e. The SMILES string of the molecule is CC1(c2cncn2Cc2ccc(Cl)cc2)CCNCC1. The van der Waals surface area contributed by atoms with Crippen LogP contribution in [-0.4, -0.2) is 22.6 Å². The van der Waals surface area contributed by atoms with Gasteiger partial charge in [0.1, 0.15) is 0 Å². The van der Waals surface area contributed by atoms with E-state index in [9.17, 15) is 0 Å². The van der Waals surface area contributed by atoms with E-state index in [0.29, 0.717) is 0 Å². The van der Waals surface area contributed by atoms with E-state index in [4.69, 9.17) is 11.6 Å². The molecule has 0 aliphatic carbocycles. The third-order valence-corrected chi connectivity index (χ3v) is 4.56. The molecular formula is C16H20ClN3. The summed E-state index contributed by atoms with van der Waals surface area (Å²) in [6, 6.07) is 8.05. The average molecular weight is 290 g/mol. The molecule has 1 aromatic heterocycles. The van der Waals surface area contributed by atoms with Gasteiger partial charge in [0, 0.05) is 28.9 Å². The standard InChI is InChI=1S/C16H20ClN3/c1-16(6-8-18-9-7-16)15-10-19-12-20(15)11-13-2-4-14(17)5-3-13/h2-5,10,12,18H,6-9,11H2,1H3. The third kappa shape index (κ3) is 2.74. The largest absolute Gasteiger partial charge is 0.330 e. The Bertz CT molecular complexity index is 568. The Morgan fingerprint density at radius 3 is 2.65 bits per heavy atom. The predicted octanol–water partition coefficient (Wildman–Crippen LogP) is 3.23. The molecule has 1 saturated heterocycles. The Balaban J connectivity index is 1.84. The van der Waals surface area contributed by atoms with Crippen LogP contribution >= 0.6 is 11.6 Å². The zero-order valence-corrected chi connectivity index (χ0v) is 12.5. The maximum atomic E-state index is 5.94. The lowest BCUT2D eigenvalue weighted by atomic mass is 9.78. The smallest absolute Gasteiger partial charge is 0.0951 e. The number of hydrogen-bond acceptors (Lipinski definition) is 2. The molecule has 3 rings (SSSR count). The first-order chi connectivity index (χ1) is 9.67. The molecule has 0 atom stereocenters. The number of imidazole rings is 1. The first-order valence-corrected chi connectivity index (χ1v) is 7.51. The molecule has 0 unspecified atom stereocenters. The molecule has 106 valence electrons. The molecule has 0 spiro atoms. The van der Waals surface area contributed by atoms with Crippen molar-refractivity contribution in [3.05, 3.63) is 53.1 Å². The van der Waals surface area contributed by atoms with E-state index in [1.54, 1.807) is 0 Å². The third-order valence-electron chi connectivity index (χ3n) is 4.30. The van der Waals surface area contributed by atoms with E-state index in [2.05, 4.69) is 33.9 Å². The topological polar surface area (TPSA) is 29.9 Å². The molecule has 1 N–H and O–H groups in total. The molecule has 4 heteroatoms. The van der Waals surface area contributed by atoms with Crippen molar-refractivity contribution in [2.24, 2.45) is 0 Å². The number of piperidine rings is 1. The minimum Gasteiger partial charge on any atom is -0.330 e. The van der Waals surface area contributed by atoms with Crippen molar-refractivity contribution in [2.75, 3.05) is 13.1 Å². The average Bonchev–Trinajstić information content (AvgIpc) is 2.91. The lowest BCUT2D eigenvalue weighted by Gasteiger charge is -2.34. The second-order valence-electron chi connectivity index (χ2n) is 5.84. The van der Waals surface area contributed by atoms with Gasteiger partial charge in [-0.1, -0.05) is 30.7 Å². The van der Waals surface area contributed by atoms with Gasteiger partial charge in [0.05, 0.1) is 6.33 Å². The van der Waals surface area contributed by atoms with Crippen LogP contribution < -0.4 is 5.32 Å². The van der Waals surface area contributed by atoms with E-state index in [1.807, 2.05) is 24.7 Å². The van der Waals surface area contributed by atoms with Gasteiger partial charge < -0.3 is 9.88 Å². The summed E-state index contributed by atoms with van der Waals surface area (Å²) >= 11 is 5.94. The van der Waals surface area contributed by atoms with E-state index in [0.717, 1.165) is 24.7 Å². The fourth-order valence-electron chi connectivity index (χ4n) is 2.97. The van der Waals surface area contributed by atoms with Crippen LogP contribution in [0.15, 0.2) is 36.8 Å². The van der Waals surface area contributed by atoms with Gasteiger partial charge in [-0.25, -0.2) is 4.98 Å². The van der Waals surface area contributed by atoms with Crippen LogP contribution in [0.1, 0.15) is 31.0 Å². The molecule has 0 saturated carbocycles. The molecule has 2 heterocycles. The molecular weight excluding hydrogens is 270 g/mol. The molecule has 0 bridgehead atoms. The van der Waals surface area contributed by atoms with Crippen LogP contribution in [0, 0.1) is 0 Å². The van der Waals surface area contributed by atoms with Gasteiger partial charge in [-0.15, -0.1) is 0 Å². The van der Waals surface area contributed by atoms with Gasteiger partial charge in [0.15, 0.2) is 0 Å². The highest BCUT2D eigenvalue weighted by molar-refractivity contribution is 6.30. The Labute approximate surface area is 125 Å². The summed E-state index contributed by atoms with van der Waals surface area (Å²) in [5.41, 5.74) is 2.83. The summed E-state index contributed by atoms with van der Waals surface area (Å²) in [7, 11) is 0. The van der Waals surface area contributed by atoms with E-state index < -0.39 is 0 Å². The Kier molecular flexibility index (Phi) is 3.81. The Morgan fingerprint density at radius 2 is 1.95 bits per heavy atom. The Morgan fingerprint density at radius 1 is 1.25 bits per heavy atom. The normalized spacial score (nSPS) is 18.1. The van der Waals surface area contributed by atoms with Crippen molar-refractivity contribution in [3.8, 4) is 0 Å². The summed E-state index contributed by atoms with van der Waals surface area (Å²) in [6.07, 6.45) is 6.30. The van der Waals surface area contributed by atoms with Crippen molar-refractivity contribution < 1.29 is 0 Å². The maximum absolute atomic E-state index is 5.94. The summed E-state index contributed by atoms with van der Waals surface area (Å²) < 4.78 is 2.27. The number of rotatable bonds is 3. The summed E-state index contributed by atoms with van der Waals surface area (Å²) in [5.74, 6) is 0. The second kappa shape index (κ2) is 5.58. The lowest BCUT2D eigenvalue weighted by Crippen LogP contribution is -2.39. The van der Waals surface area contributed by atoms with Gasteiger partial charge in [0.25, 0.3) is 0 Å². The van der Waals surface area contributed by atoms with Crippen molar-refractivity contribution >= 4 is 11.6 Å². The summed E-state index contributed by atoms with van der Waals surface area (Å²) in [4.78, 5) is 4.37. The van der Waals surface area contributed by atoms with Gasteiger partial charge >= 0.3 is 0 Å². The van der Waals surface area contributed by atoms with E-state index in [1.165, 1.54) is 24.1 Å². The number of nitrogens with zero attached hydrogens (tertiary/aromatic N) is 2. The molecule has 2 aromatic rings. The number of nitrogens with one attached hydrogen (secondary N) is 1. The second-order valence-corrected chi connectivity index (χ2v) is 6.28. The zero-order chi connectivity index (χ0) is 14.0. The fraction of sp³-hybridized carbons (Fsp3) is 0.438. The first-order valence-electron chi connectivity index (χ1n) is 7.13. The van der Waals surface area contributed by atoms with Gasteiger partial charge in [0.2, 0.25) is 0 Å². The van der Waals surface area contributed by atoms with Crippen molar-refractivity contribution in [3.63, 3.8) is 0 Å². The van der Waals surface area contributed by atoms with Gasteiger partial charge in [-0.2, -0.15) is 0 Å². The highest BCUT2D eigenvalue weighted by atomic mass is 35.5. The summed E-state index contributed by atoms with van der Waals surface area (Å²) in [6.45, 7) is 5.38. The Hall–Kier alpha value is -1.32. The minimum absolute atomic E-state index is 0.230. The number of aromatic nitrogens is 2. The molecule has 0 amide bonds. The first kappa shape index (κ1) is 13.7.